The SMILES string of the molecule is CC(=O)Nc1ccc(-c2csc(NC(=O)CNC(=O)CC3CCCCC3)n2)c(F)c1. The van der Waals surface area contributed by atoms with E-state index in [1.54, 1.807) is 11.4 Å². The van der Waals surface area contributed by atoms with Gasteiger partial charge in [-0.15, -0.1) is 11.3 Å². The van der Waals surface area contributed by atoms with E-state index in [1.807, 2.05) is 0 Å². The molecule has 1 fully saturated rings. The standard InChI is InChI=1S/C21H25FN4O3S/c1-13(27)24-15-7-8-16(17(22)10-15)18-12-30-21(25-18)26-20(29)11-23-19(28)9-14-5-3-2-4-6-14/h7-8,10,12,14H,2-6,9,11H2,1H3,(H,23,28)(H,24,27)(H,25,26,29). The third kappa shape index (κ3) is 6.35. The fraction of sp³-hybridized carbons (Fsp3) is 0.429. The Morgan fingerprint density at radius 3 is 2.60 bits per heavy atom. The van der Waals surface area contributed by atoms with Gasteiger partial charge in [0.05, 0.1) is 12.2 Å². The van der Waals surface area contributed by atoms with E-state index in [-0.39, 0.29) is 29.8 Å². The molecular formula is C21H25FN4O3S. The second kappa shape index (κ2) is 10.3. The zero-order valence-corrected chi connectivity index (χ0v) is 17.6. The number of thiazole rings is 1. The van der Waals surface area contributed by atoms with Crippen molar-refractivity contribution >= 4 is 39.9 Å². The highest BCUT2D eigenvalue weighted by Crippen LogP contribution is 2.29. The second-order valence-electron chi connectivity index (χ2n) is 7.45. The van der Waals surface area contributed by atoms with Gasteiger partial charge in [-0.25, -0.2) is 9.37 Å². The van der Waals surface area contributed by atoms with Gasteiger partial charge in [-0.3, -0.25) is 14.4 Å². The molecule has 9 heteroatoms. The Morgan fingerprint density at radius 2 is 1.90 bits per heavy atom. The van der Waals surface area contributed by atoms with Gasteiger partial charge >= 0.3 is 0 Å². The van der Waals surface area contributed by atoms with Crippen LogP contribution in [0.15, 0.2) is 23.6 Å². The molecule has 3 N–H and O–H groups in total. The maximum Gasteiger partial charge on any atom is 0.245 e. The molecule has 1 aliphatic carbocycles. The first kappa shape index (κ1) is 21.9. The summed E-state index contributed by atoms with van der Waals surface area (Å²) in [5, 5.41) is 9.74. The van der Waals surface area contributed by atoms with Crippen LogP contribution in [0.1, 0.15) is 45.4 Å². The molecule has 0 spiro atoms. The highest BCUT2D eigenvalue weighted by molar-refractivity contribution is 7.14. The van der Waals surface area contributed by atoms with E-state index >= 15 is 0 Å². The minimum Gasteiger partial charge on any atom is -0.347 e. The van der Waals surface area contributed by atoms with Crippen LogP contribution in [-0.4, -0.2) is 29.3 Å². The van der Waals surface area contributed by atoms with Crippen molar-refractivity contribution in [1.82, 2.24) is 10.3 Å². The summed E-state index contributed by atoms with van der Waals surface area (Å²) in [6.07, 6.45) is 6.18. The Morgan fingerprint density at radius 1 is 1.13 bits per heavy atom. The number of hydrogen-bond acceptors (Lipinski definition) is 5. The smallest absolute Gasteiger partial charge is 0.245 e. The van der Waals surface area contributed by atoms with Gasteiger partial charge in [0.2, 0.25) is 17.7 Å². The summed E-state index contributed by atoms with van der Waals surface area (Å²) >= 11 is 1.17. The number of rotatable bonds is 7. The van der Waals surface area contributed by atoms with Crippen molar-refractivity contribution in [2.45, 2.75) is 45.4 Å². The van der Waals surface area contributed by atoms with Crippen LogP contribution in [0.4, 0.5) is 15.2 Å². The largest absolute Gasteiger partial charge is 0.347 e. The number of carbonyl (C=O) groups excluding carboxylic acids is 3. The molecule has 160 valence electrons. The number of halogens is 1. The van der Waals surface area contributed by atoms with Crippen LogP contribution in [-0.2, 0) is 14.4 Å². The number of anilines is 2. The van der Waals surface area contributed by atoms with Crippen molar-refractivity contribution in [3.8, 4) is 11.3 Å². The van der Waals surface area contributed by atoms with Crippen LogP contribution in [0, 0.1) is 11.7 Å². The lowest BCUT2D eigenvalue weighted by atomic mass is 9.87. The number of benzene rings is 1. The molecule has 0 saturated heterocycles. The first-order chi connectivity index (χ1) is 14.4. The lowest BCUT2D eigenvalue weighted by Gasteiger charge is -2.20. The van der Waals surface area contributed by atoms with Gasteiger partial charge in [-0.05, 0) is 37.0 Å². The fourth-order valence-corrected chi connectivity index (χ4v) is 4.25. The van der Waals surface area contributed by atoms with Crippen LogP contribution in [0.2, 0.25) is 0 Å². The Labute approximate surface area is 178 Å². The molecule has 1 aromatic heterocycles. The third-order valence-electron chi connectivity index (χ3n) is 4.96. The molecule has 1 heterocycles. The molecule has 1 aromatic carbocycles. The molecule has 0 atom stereocenters. The predicted octanol–water partition coefficient (Wildman–Crippen LogP) is 3.93. The summed E-state index contributed by atoms with van der Waals surface area (Å²) in [7, 11) is 0. The summed E-state index contributed by atoms with van der Waals surface area (Å²) in [4.78, 5) is 39.4. The van der Waals surface area contributed by atoms with Crippen LogP contribution < -0.4 is 16.0 Å². The van der Waals surface area contributed by atoms with Crippen molar-refractivity contribution in [3.05, 3.63) is 29.4 Å². The molecule has 2 aromatic rings. The predicted molar refractivity (Wildman–Crippen MR) is 115 cm³/mol. The van der Waals surface area contributed by atoms with E-state index in [9.17, 15) is 18.8 Å². The monoisotopic (exact) mass is 432 g/mol. The average molecular weight is 433 g/mol. The van der Waals surface area contributed by atoms with Gasteiger partial charge in [0.1, 0.15) is 5.82 Å². The van der Waals surface area contributed by atoms with Crippen LogP contribution in [0.3, 0.4) is 0 Å². The van der Waals surface area contributed by atoms with Gasteiger partial charge in [0.15, 0.2) is 5.13 Å². The molecule has 0 radical (unpaired) electrons. The minimum absolute atomic E-state index is 0.113. The van der Waals surface area contributed by atoms with Gasteiger partial charge in [-0.2, -0.15) is 0 Å². The maximum absolute atomic E-state index is 14.3. The highest BCUT2D eigenvalue weighted by Gasteiger charge is 2.18. The maximum atomic E-state index is 14.3. The van der Waals surface area contributed by atoms with Crippen molar-refractivity contribution in [3.63, 3.8) is 0 Å². The summed E-state index contributed by atoms with van der Waals surface area (Å²) in [5.41, 5.74) is 1.00. The Hall–Kier alpha value is -2.81. The average Bonchev–Trinajstić information content (AvgIpc) is 3.15. The minimum atomic E-state index is -0.528. The summed E-state index contributed by atoms with van der Waals surface area (Å²) < 4.78 is 14.3. The molecule has 3 amide bonds. The zero-order valence-electron chi connectivity index (χ0n) is 16.8. The number of nitrogens with one attached hydrogen (secondary N) is 3. The molecule has 7 nitrogen and oxygen atoms in total. The van der Waals surface area contributed by atoms with Crippen LogP contribution >= 0.6 is 11.3 Å². The lowest BCUT2D eigenvalue weighted by Crippen LogP contribution is -2.34. The molecule has 0 bridgehead atoms. The number of nitrogens with zero attached hydrogens (tertiary/aromatic N) is 1. The summed E-state index contributed by atoms with van der Waals surface area (Å²) in [5.74, 6) is -0.895. The molecule has 0 aliphatic heterocycles. The molecule has 0 unspecified atom stereocenters. The quantitative estimate of drug-likeness (QED) is 0.617. The van der Waals surface area contributed by atoms with Gasteiger partial charge < -0.3 is 16.0 Å². The first-order valence-electron chi connectivity index (χ1n) is 10.0. The van der Waals surface area contributed by atoms with Gasteiger partial charge in [0, 0.05) is 30.0 Å². The molecule has 30 heavy (non-hydrogen) atoms. The van der Waals surface area contributed by atoms with E-state index in [0.717, 1.165) is 12.8 Å². The van der Waals surface area contributed by atoms with E-state index in [1.165, 1.54) is 49.7 Å². The van der Waals surface area contributed by atoms with E-state index < -0.39 is 5.82 Å². The van der Waals surface area contributed by atoms with Gasteiger partial charge in [0.25, 0.3) is 0 Å². The highest BCUT2D eigenvalue weighted by atomic mass is 32.1. The summed E-state index contributed by atoms with van der Waals surface area (Å²) in [6, 6.07) is 4.32. The third-order valence-corrected chi connectivity index (χ3v) is 5.72. The molecular weight excluding hydrogens is 407 g/mol. The van der Waals surface area contributed by atoms with E-state index in [0.29, 0.717) is 28.9 Å². The lowest BCUT2D eigenvalue weighted by molar-refractivity contribution is -0.125. The van der Waals surface area contributed by atoms with Gasteiger partial charge in [-0.1, -0.05) is 19.3 Å². The Bertz CT molecular complexity index is 925. The van der Waals surface area contributed by atoms with Crippen LogP contribution in [0.5, 0.6) is 0 Å². The molecule has 3 rings (SSSR count). The molecule has 1 aliphatic rings. The fourth-order valence-electron chi connectivity index (χ4n) is 3.53. The number of hydrogen-bond donors (Lipinski definition) is 3. The zero-order chi connectivity index (χ0) is 21.5. The van der Waals surface area contributed by atoms with Crippen molar-refractivity contribution in [2.24, 2.45) is 5.92 Å². The van der Waals surface area contributed by atoms with Crippen molar-refractivity contribution in [2.75, 3.05) is 17.2 Å². The van der Waals surface area contributed by atoms with E-state index in [4.69, 9.17) is 0 Å². The first-order valence-corrected chi connectivity index (χ1v) is 10.9. The Balaban J connectivity index is 1.50. The van der Waals surface area contributed by atoms with Crippen molar-refractivity contribution in [1.29, 1.82) is 0 Å². The van der Waals surface area contributed by atoms with Crippen LogP contribution in [0.25, 0.3) is 11.3 Å². The van der Waals surface area contributed by atoms with E-state index in [2.05, 4.69) is 20.9 Å². The normalized spacial score (nSPS) is 14.2. The Kier molecular flexibility index (Phi) is 7.51. The molecule has 1 saturated carbocycles. The number of aromatic nitrogens is 1. The summed E-state index contributed by atoms with van der Waals surface area (Å²) in [6.45, 7) is 1.22. The second-order valence-corrected chi connectivity index (χ2v) is 8.30. The number of amides is 3. The number of carbonyl (C=O) groups is 3. The van der Waals surface area contributed by atoms with Crippen molar-refractivity contribution < 1.29 is 18.8 Å². The topological polar surface area (TPSA) is 100 Å².